The van der Waals surface area contributed by atoms with E-state index in [-0.39, 0.29) is 5.75 Å². The van der Waals surface area contributed by atoms with Crippen molar-refractivity contribution in [2.45, 2.75) is 44.1 Å². The highest BCUT2D eigenvalue weighted by molar-refractivity contribution is 5.32. The smallest absolute Gasteiger partial charge is 0.115 e. The van der Waals surface area contributed by atoms with Crippen LogP contribution in [0.15, 0.2) is 24.3 Å². The first-order valence-electron chi connectivity index (χ1n) is 6.72. The maximum absolute atomic E-state index is 11.0. The summed E-state index contributed by atoms with van der Waals surface area (Å²) in [5.74, 6) is 1.35. The minimum atomic E-state index is -0.696. The number of fused-ring (bicyclic) bond motifs is 1. The van der Waals surface area contributed by atoms with E-state index in [2.05, 4.69) is 0 Å². The Labute approximate surface area is 102 Å². The molecule has 2 heteroatoms. The molecule has 1 aromatic rings. The Bertz CT molecular complexity index is 415. The molecule has 17 heavy (non-hydrogen) atoms. The Balaban J connectivity index is 1.98. The van der Waals surface area contributed by atoms with Gasteiger partial charge in [-0.05, 0) is 55.2 Å². The lowest BCUT2D eigenvalue weighted by Crippen LogP contribution is -2.40. The van der Waals surface area contributed by atoms with Crippen LogP contribution < -0.4 is 0 Å². The molecule has 2 nitrogen and oxygen atoms in total. The van der Waals surface area contributed by atoms with Gasteiger partial charge in [0.05, 0.1) is 5.60 Å². The van der Waals surface area contributed by atoms with E-state index in [1.807, 2.05) is 12.1 Å². The third-order valence-electron chi connectivity index (χ3n) is 4.75. The molecule has 3 atom stereocenters. The highest BCUT2D eigenvalue weighted by Gasteiger charge is 2.47. The number of rotatable bonds is 1. The van der Waals surface area contributed by atoms with Crippen LogP contribution in [0.4, 0.5) is 0 Å². The summed E-state index contributed by atoms with van der Waals surface area (Å²) in [4.78, 5) is 0. The van der Waals surface area contributed by atoms with Crippen molar-refractivity contribution in [1.82, 2.24) is 0 Å². The van der Waals surface area contributed by atoms with Crippen molar-refractivity contribution in [2.24, 2.45) is 11.8 Å². The second kappa shape index (κ2) is 4.02. The molecule has 0 heterocycles. The number of aliphatic hydroxyl groups is 1. The number of aromatic hydroxyl groups is 1. The van der Waals surface area contributed by atoms with Gasteiger partial charge in [-0.15, -0.1) is 0 Å². The Morgan fingerprint density at radius 2 is 1.94 bits per heavy atom. The molecular weight excluding hydrogens is 212 g/mol. The number of phenols is 1. The zero-order chi connectivity index (χ0) is 11.9. The molecular formula is C15H20O2. The average molecular weight is 232 g/mol. The first kappa shape index (κ1) is 11.1. The molecule has 92 valence electrons. The lowest BCUT2D eigenvalue weighted by Gasteiger charge is -2.42. The van der Waals surface area contributed by atoms with Gasteiger partial charge in [-0.25, -0.2) is 0 Å². The van der Waals surface area contributed by atoms with E-state index in [0.29, 0.717) is 11.8 Å². The topological polar surface area (TPSA) is 40.5 Å². The van der Waals surface area contributed by atoms with Crippen LogP contribution in [0.1, 0.15) is 44.1 Å². The van der Waals surface area contributed by atoms with E-state index in [1.165, 1.54) is 19.3 Å². The molecule has 2 saturated carbocycles. The average Bonchev–Trinajstić information content (AvgIpc) is 2.79. The first-order valence-corrected chi connectivity index (χ1v) is 6.72. The number of phenolic OH excluding ortho intramolecular Hbond substituents is 1. The number of hydrogen-bond donors (Lipinski definition) is 2. The summed E-state index contributed by atoms with van der Waals surface area (Å²) in [5.41, 5.74) is 0.215. The highest BCUT2D eigenvalue weighted by atomic mass is 16.3. The third kappa shape index (κ3) is 1.75. The zero-order valence-electron chi connectivity index (χ0n) is 10.1. The molecule has 1 aromatic carbocycles. The molecule has 0 aromatic heterocycles. The van der Waals surface area contributed by atoms with Crippen LogP contribution >= 0.6 is 0 Å². The molecule has 0 bridgehead atoms. The quantitative estimate of drug-likeness (QED) is 0.780. The Morgan fingerprint density at radius 3 is 2.76 bits per heavy atom. The van der Waals surface area contributed by atoms with Gasteiger partial charge in [0.2, 0.25) is 0 Å². The molecule has 0 aliphatic heterocycles. The Morgan fingerprint density at radius 1 is 1.12 bits per heavy atom. The van der Waals surface area contributed by atoms with Crippen molar-refractivity contribution in [2.75, 3.05) is 0 Å². The van der Waals surface area contributed by atoms with Crippen molar-refractivity contribution in [3.05, 3.63) is 29.8 Å². The van der Waals surface area contributed by atoms with Gasteiger partial charge in [-0.1, -0.05) is 25.0 Å². The second-order valence-electron chi connectivity index (χ2n) is 5.66. The summed E-state index contributed by atoms with van der Waals surface area (Å²) in [6.07, 6.45) is 6.87. The lowest BCUT2D eigenvalue weighted by molar-refractivity contribution is -0.0701. The maximum atomic E-state index is 11.0. The van der Waals surface area contributed by atoms with Gasteiger partial charge in [-0.3, -0.25) is 0 Å². The molecule has 0 radical (unpaired) electrons. The SMILES string of the molecule is Oc1cccc(C2(O)CCCC3CCCC32)c1. The fourth-order valence-electron chi connectivity index (χ4n) is 3.96. The summed E-state index contributed by atoms with van der Waals surface area (Å²) in [5, 5.41) is 20.6. The van der Waals surface area contributed by atoms with Crippen molar-refractivity contribution in [1.29, 1.82) is 0 Å². The number of hydrogen-bond acceptors (Lipinski definition) is 2. The molecule has 0 saturated heterocycles. The van der Waals surface area contributed by atoms with Crippen LogP contribution in [-0.2, 0) is 5.60 Å². The molecule has 2 aliphatic carbocycles. The van der Waals surface area contributed by atoms with Gasteiger partial charge in [-0.2, -0.15) is 0 Å². The Kier molecular flexibility index (Phi) is 2.62. The summed E-state index contributed by atoms with van der Waals surface area (Å²) in [6.45, 7) is 0. The summed E-state index contributed by atoms with van der Waals surface area (Å²) in [6, 6.07) is 7.20. The van der Waals surface area contributed by atoms with E-state index < -0.39 is 5.60 Å². The second-order valence-corrected chi connectivity index (χ2v) is 5.66. The molecule has 2 aliphatic rings. The zero-order valence-corrected chi connectivity index (χ0v) is 10.1. The van der Waals surface area contributed by atoms with E-state index >= 15 is 0 Å². The Hall–Kier alpha value is -1.02. The largest absolute Gasteiger partial charge is 0.508 e. The van der Waals surface area contributed by atoms with E-state index in [1.54, 1.807) is 12.1 Å². The van der Waals surface area contributed by atoms with Crippen LogP contribution in [0.3, 0.4) is 0 Å². The maximum Gasteiger partial charge on any atom is 0.115 e. The number of benzene rings is 1. The van der Waals surface area contributed by atoms with E-state index in [9.17, 15) is 10.2 Å². The van der Waals surface area contributed by atoms with E-state index in [0.717, 1.165) is 24.8 Å². The van der Waals surface area contributed by atoms with E-state index in [4.69, 9.17) is 0 Å². The molecule has 0 spiro atoms. The molecule has 2 N–H and O–H groups in total. The fraction of sp³-hybridized carbons (Fsp3) is 0.600. The van der Waals surface area contributed by atoms with Crippen molar-refractivity contribution in [3.63, 3.8) is 0 Å². The summed E-state index contributed by atoms with van der Waals surface area (Å²) >= 11 is 0. The standard InChI is InChI=1S/C15H20O2/c16-13-7-2-6-12(10-13)15(17)9-3-5-11-4-1-8-14(11)15/h2,6-7,10-11,14,16-17H,1,3-5,8-9H2. The van der Waals surface area contributed by atoms with Crippen LogP contribution in [0, 0.1) is 11.8 Å². The summed E-state index contributed by atoms with van der Waals surface area (Å²) < 4.78 is 0. The van der Waals surface area contributed by atoms with Gasteiger partial charge >= 0.3 is 0 Å². The minimum Gasteiger partial charge on any atom is -0.508 e. The predicted molar refractivity (Wildman–Crippen MR) is 66.7 cm³/mol. The first-order chi connectivity index (χ1) is 8.20. The van der Waals surface area contributed by atoms with Crippen LogP contribution in [0.25, 0.3) is 0 Å². The highest BCUT2D eigenvalue weighted by Crippen LogP contribution is 2.52. The van der Waals surface area contributed by atoms with Gasteiger partial charge in [0.25, 0.3) is 0 Å². The lowest BCUT2D eigenvalue weighted by atomic mass is 9.67. The normalized spacial score (nSPS) is 36.8. The predicted octanol–water partition coefficient (Wildman–Crippen LogP) is 3.18. The summed E-state index contributed by atoms with van der Waals surface area (Å²) in [7, 11) is 0. The molecule has 3 unspecified atom stereocenters. The van der Waals surface area contributed by atoms with Gasteiger partial charge < -0.3 is 10.2 Å². The minimum absolute atomic E-state index is 0.260. The van der Waals surface area contributed by atoms with Crippen molar-refractivity contribution < 1.29 is 10.2 Å². The molecule has 3 rings (SSSR count). The fourth-order valence-corrected chi connectivity index (χ4v) is 3.96. The van der Waals surface area contributed by atoms with Gasteiger partial charge in [0.1, 0.15) is 5.75 Å². The van der Waals surface area contributed by atoms with Crippen molar-refractivity contribution in [3.8, 4) is 5.75 Å². The van der Waals surface area contributed by atoms with Gasteiger partial charge in [0.15, 0.2) is 0 Å². The van der Waals surface area contributed by atoms with Crippen molar-refractivity contribution >= 4 is 0 Å². The van der Waals surface area contributed by atoms with Gasteiger partial charge in [0, 0.05) is 0 Å². The van der Waals surface area contributed by atoms with Crippen LogP contribution in [0.5, 0.6) is 5.75 Å². The molecule has 2 fully saturated rings. The van der Waals surface area contributed by atoms with Crippen LogP contribution in [0.2, 0.25) is 0 Å². The molecule has 0 amide bonds. The monoisotopic (exact) mass is 232 g/mol. The third-order valence-corrected chi connectivity index (χ3v) is 4.75. The van der Waals surface area contributed by atoms with Crippen LogP contribution in [-0.4, -0.2) is 10.2 Å².